The van der Waals surface area contributed by atoms with Crippen LogP contribution in [0.25, 0.3) is 0 Å². The van der Waals surface area contributed by atoms with Crippen LogP contribution in [0.1, 0.15) is 57.3 Å². The van der Waals surface area contributed by atoms with Gasteiger partial charge in [0.1, 0.15) is 0 Å². The Morgan fingerprint density at radius 2 is 1.61 bits per heavy atom. The summed E-state index contributed by atoms with van der Waals surface area (Å²) in [4.78, 5) is 12.0. The van der Waals surface area contributed by atoms with Crippen molar-refractivity contribution in [2.24, 2.45) is 0 Å². The highest BCUT2D eigenvalue weighted by atomic mass is 28.4. The number of hydrogen-bond donors (Lipinski definition) is 0. The van der Waals surface area contributed by atoms with Crippen LogP contribution in [0.2, 0.25) is 19.6 Å². The molecule has 1 aromatic carbocycles. The third-order valence-corrected chi connectivity index (χ3v) is 6.22. The molecule has 0 aromatic heterocycles. The van der Waals surface area contributed by atoms with Crippen LogP contribution in [0, 0.1) is 0 Å². The largest absolute Gasteiger partial charge is 0.487 e. The number of carbonyl (C=O) groups excluding carboxylic acids is 1. The lowest BCUT2D eigenvalue weighted by Crippen LogP contribution is -2.43. The normalized spacial score (nSPS) is 19.5. The summed E-state index contributed by atoms with van der Waals surface area (Å²) in [6, 6.07) is 8.96. The Morgan fingerprint density at radius 3 is 2.14 bits per heavy atom. The van der Waals surface area contributed by atoms with E-state index in [9.17, 15) is 4.79 Å². The molecule has 0 spiro atoms. The molecule has 1 heterocycles. The van der Waals surface area contributed by atoms with Crippen molar-refractivity contribution in [3.8, 4) is 0 Å². The van der Waals surface area contributed by atoms with Crippen molar-refractivity contribution < 1.29 is 23.3 Å². The van der Waals surface area contributed by atoms with Gasteiger partial charge in [-0.2, -0.15) is 0 Å². The SMILES string of the molecule is CC1(C)OB([C@@H](CCCCOC(=O)c2ccccc2)O[Si](C)(C)C)OC1(C)C. The Hall–Kier alpha value is -1.15. The molecule has 1 aliphatic heterocycles. The molecule has 5 nitrogen and oxygen atoms in total. The molecule has 0 amide bonds. The minimum atomic E-state index is -1.76. The Balaban J connectivity index is 1.84. The number of carbonyl (C=O) groups is 1. The van der Waals surface area contributed by atoms with E-state index in [1.807, 2.05) is 18.2 Å². The van der Waals surface area contributed by atoms with Crippen molar-refractivity contribution >= 4 is 21.4 Å². The molecule has 0 bridgehead atoms. The van der Waals surface area contributed by atoms with E-state index in [4.69, 9.17) is 18.5 Å². The van der Waals surface area contributed by atoms with Crippen molar-refractivity contribution in [3.63, 3.8) is 0 Å². The minimum Gasteiger partial charge on any atom is -0.462 e. The average Bonchev–Trinajstić information content (AvgIpc) is 2.81. The van der Waals surface area contributed by atoms with E-state index in [1.54, 1.807) is 12.1 Å². The van der Waals surface area contributed by atoms with Gasteiger partial charge >= 0.3 is 13.1 Å². The van der Waals surface area contributed by atoms with E-state index in [1.165, 1.54) is 0 Å². The first-order valence-electron chi connectivity index (χ1n) is 10.2. The van der Waals surface area contributed by atoms with Crippen molar-refractivity contribution in [1.82, 2.24) is 0 Å². The summed E-state index contributed by atoms with van der Waals surface area (Å²) in [5.41, 5.74) is -0.159. The average molecular weight is 406 g/mol. The van der Waals surface area contributed by atoms with Crippen LogP contribution < -0.4 is 0 Å². The highest BCUT2D eigenvalue weighted by Crippen LogP contribution is 2.39. The molecule has 0 saturated carbocycles. The van der Waals surface area contributed by atoms with Crippen LogP contribution >= 0.6 is 0 Å². The third kappa shape index (κ3) is 6.44. The van der Waals surface area contributed by atoms with Crippen LogP contribution in [-0.2, 0) is 18.5 Å². The summed E-state index contributed by atoms with van der Waals surface area (Å²) in [7, 11) is -2.13. The predicted molar refractivity (Wildman–Crippen MR) is 115 cm³/mol. The molecule has 0 N–H and O–H groups in total. The van der Waals surface area contributed by atoms with Gasteiger partial charge in [0.25, 0.3) is 0 Å². The van der Waals surface area contributed by atoms with E-state index in [0.29, 0.717) is 12.2 Å². The molecule has 28 heavy (non-hydrogen) atoms. The fourth-order valence-corrected chi connectivity index (χ4v) is 4.15. The molecule has 0 radical (unpaired) electrons. The topological polar surface area (TPSA) is 54.0 Å². The predicted octanol–water partition coefficient (Wildman–Crippen LogP) is 4.87. The summed E-state index contributed by atoms with van der Waals surface area (Å²) in [5.74, 6) is -0.276. The van der Waals surface area contributed by atoms with Gasteiger partial charge < -0.3 is 18.5 Å². The van der Waals surface area contributed by atoms with Crippen LogP contribution in [0.3, 0.4) is 0 Å². The first kappa shape index (κ1) is 23.1. The van der Waals surface area contributed by atoms with Crippen LogP contribution in [0.15, 0.2) is 30.3 Å². The van der Waals surface area contributed by atoms with Gasteiger partial charge in [-0.05, 0) is 78.7 Å². The van der Waals surface area contributed by atoms with Gasteiger partial charge in [-0.25, -0.2) is 4.79 Å². The number of esters is 1. The molecule has 1 fully saturated rings. The van der Waals surface area contributed by atoms with Gasteiger partial charge in [-0.3, -0.25) is 0 Å². The second-order valence-corrected chi connectivity index (χ2v) is 13.9. The van der Waals surface area contributed by atoms with E-state index in [-0.39, 0.29) is 30.3 Å². The first-order chi connectivity index (χ1) is 12.9. The molecule has 1 aliphatic rings. The lowest BCUT2D eigenvalue weighted by molar-refractivity contribution is 0.00578. The molecular formula is C21H35BO5Si. The summed E-state index contributed by atoms with van der Waals surface area (Å²) >= 11 is 0. The standard InChI is InChI=1S/C21H35BO5Si/c1-20(2)21(3,4)27-22(26-20)18(25-28(5,6)7)15-11-12-16-24-19(23)17-13-9-8-10-14-17/h8-10,13-14,18H,11-12,15-16H2,1-7H3/t18-/m1/s1. The second kappa shape index (κ2) is 9.12. The first-order valence-corrected chi connectivity index (χ1v) is 13.6. The quantitative estimate of drug-likeness (QED) is 0.333. The second-order valence-electron chi connectivity index (χ2n) is 9.39. The van der Waals surface area contributed by atoms with Crippen molar-refractivity contribution in [2.75, 3.05) is 6.61 Å². The zero-order valence-electron chi connectivity index (χ0n) is 18.4. The van der Waals surface area contributed by atoms with E-state index in [0.717, 1.165) is 19.3 Å². The highest BCUT2D eigenvalue weighted by molar-refractivity contribution is 6.70. The lowest BCUT2D eigenvalue weighted by atomic mass is 9.78. The highest BCUT2D eigenvalue weighted by Gasteiger charge is 2.54. The summed E-state index contributed by atoms with van der Waals surface area (Å²) < 4.78 is 24.2. The molecule has 1 saturated heterocycles. The van der Waals surface area contributed by atoms with Gasteiger partial charge in [-0.1, -0.05) is 18.2 Å². The monoisotopic (exact) mass is 406 g/mol. The van der Waals surface area contributed by atoms with E-state index >= 15 is 0 Å². The van der Waals surface area contributed by atoms with Gasteiger partial charge in [-0.15, -0.1) is 0 Å². The Morgan fingerprint density at radius 1 is 1.04 bits per heavy atom. The molecule has 1 atom stereocenters. The zero-order valence-corrected chi connectivity index (χ0v) is 19.4. The fraction of sp³-hybridized carbons (Fsp3) is 0.667. The molecule has 156 valence electrons. The Kier molecular flexibility index (Phi) is 7.53. The van der Waals surface area contributed by atoms with E-state index < -0.39 is 8.32 Å². The summed E-state index contributed by atoms with van der Waals surface area (Å²) in [5, 5.41) is 0. The maximum absolute atomic E-state index is 12.0. The van der Waals surface area contributed by atoms with Crippen LogP contribution in [0.5, 0.6) is 0 Å². The molecule has 0 aliphatic carbocycles. The number of hydrogen-bond acceptors (Lipinski definition) is 5. The molecule has 2 rings (SSSR count). The summed E-state index contributed by atoms with van der Waals surface area (Å²) in [6.45, 7) is 15.1. The smallest absolute Gasteiger partial charge is 0.462 e. The Labute approximate surface area is 171 Å². The number of benzene rings is 1. The Bertz CT molecular complexity index is 626. The van der Waals surface area contributed by atoms with Crippen molar-refractivity contribution in [3.05, 3.63) is 35.9 Å². The number of rotatable bonds is 9. The molecule has 7 heteroatoms. The third-order valence-electron chi connectivity index (χ3n) is 5.21. The number of ether oxygens (including phenoxy) is 1. The molecule has 1 aromatic rings. The molecular weight excluding hydrogens is 371 g/mol. The van der Waals surface area contributed by atoms with Crippen molar-refractivity contribution in [1.29, 1.82) is 0 Å². The maximum atomic E-state index is 12.0. The lowest BCUT2D eigenvalue weighted by Gasteiger charge is -2.32. The van der Waals surface area contributed by atoms with Gasteiger partial charge in [0.15, 0.2) is 8.32 Å². The van der Waals surface area contributed by atoms with Gasteiger partial charge in [0.05, 0.1) is 29.4 Å². The fourth-order valence-electron chi connectivity index (χ4n) is 3.02. The van der Waals surface area contributed by atoms with Crippen LogP contribution in [0.4, 0.5) is 0 Å². The van der Waals surface area contributed by atoms with Gasteiger partial charge in [0.2, 0.25) is 0 Å². The van der Waals surface area contributed by atoms with Crippen molar-refractivity contribution in [2.45, 2.75) is 83.8 Å². The van der Waals surface area contributed by atoms with E-state index in [2.05, 4.69) is 47.3 Å². The number of unbranched alkanes of at least 4 members (excludes halogenated alkanes) is 1. The summed E-state index contributed by atoms with van der Waals surface area (Å²) in [6.07, 6.45) is 2.47. The van der Waals surface area contributed by atoms with Crippen LogP contribution in [-0.4, -0.2) is 45.2 Å². The molecule has 0 unspecified atom stereocenters. The zero-order chi connectivity index (χ0) is 21.0. The maximum Gasteiger partial charge on any atom is 0.487 e. The van der Waals surface area contributed by atoms with Gasteiger partial charge in [0, 0.05) is 0 Å². The minimum absolute atomic E-state index is 0.113.